The van der Waals surface area contributed by atoms with Crippen molar-refractivity contribution in [2.45, 2.75) is 58.5 Å². The van der Waals surface area contributed by atoms with E-state index in [0.717, 1.165) is 38.9 Å². The van der Waals surface area contributed by atoms with Gasteiger partial charge in [-0.3, -0.25) is 4.68 Å². The van der Waals surface area contributed by atoms with Gasteiger partial charge in [0.05, 0.1) is 11.7 Å². The zero-order valence-corrected chi connectivity index (χ0v) is 12.9. The first-order chi connectivity index (χ1) is 9.24. The van der Waals surface area contributed by atoms with Gasteiger partial charge >= 0.3 is 0 Å². The molecule has 4 nitrogen and oxygen atoms in total. The van der Waals surface area contributed by atoms with E-state index in [1.54, 1.807) is 0 Å². The average molecular weight is 267 g/mol. The molecule has 1 aromatic heterocycles. The molecule has 1 atom stereocenters. The molecule has 0 aliphatic rings. The molecule has 0 aliphatic heterocycles. The summed E-state index contributed by atoms with van der Waals surface area (Å²) >= 11 is 0. The monoisotopic (exact) mass is 267 g/mol. The summed E-state index contributed by atoms with van der Waals surface area (Å²) in [5, 5.41) is 8.05. The number of nitrogens with zero attached hydrogens (tertiary/aromatic N) is 2. The molecule has 1 heterocycles. The van der Waals surface area contributed by atoms with Crippen molar-refractivity contribution >= 4 is 0 Å². The first kappa shape index (κ1) is 16.2. The molecule has 1 N–H and O–H groups in total. The molecule has 0 saturated carbocycles. The first-order valence-electron chi connectivity index (χ1n) is 7.54. The van der Waals surface area contributed by atoms with E-state index in [1.807, 2.05) is 14.0 Å². The second-order valence-corrected chi connectivity index (χ2v) is 4.93. The highest BCUT2D eigenvalue weighted by Gasteiger charge is 2.12. The minimum Gasteiger partial charge on any atom is -0.382 e. The second-order valence-electron chi connectivity index (χ2n) is 4.93. The normalized spacial score (nSPS) is 13.1. The van der Waals surface area contributed by atoms with Crippen molar-refractivity contribution in [3.8, 4) is 0 Å². The van der Waals surface area contributed by atoms with Crippen molar-refractivity contribution in [1.29, 1.82) is 0 Å². The summed E-state index contributed by atoms with van der Waals surface area (Å²) in [6, 6.07) is 3.12. The Morgan fingerprint density at radius 2 is 2.05 bits per heavy atom. The summed E-state index contributed by atoms with van der Waals surface area (Å²) in [6.45, 7) is 8.07. The van der Waals surface area contributed by atoms with E-state index in [-0.39, 0.29) is 0 Å². The minimum atomic E-state index is 0.441. The quantitative estimate of drug-likeness (QED) is 0.663. The Labute approximate surface area is 117 Å². The summed E-state index contributed by atoms with van der Waals surface area (Å²) in [5.74, 6) is 0. The number of ether oxygens (including phenoxy) is 1. The van der Waals surface area contributed by atoms with E-state index in [4.69, 9.17) is 9.84 Å². The van der Waals surface area contributed by atoms with Crippen LogP contribution in [0.15, 0.2) is 12.3 Å². The lowest BCUT2D eigenvalue weighted by molar-refractivity contribution is 0.137. The number of rotatable bonds is 10. The predicted octanol–water partition coefficient (Wildman–Crippen LogP) is 2.80. The van der Waals surface area contributed by atoms with Crippen molar-refractivity contribution in [2.24, 2.45) is 0 Å². The lowest BCUT2D eigenvalue weighted by Gasteiger charge is -2.15. The Hall–Kier alpha value is -0.870. The van der Waals surface area contributed by atoms with Gasteiger partial charge in [-0.15, -0.1) is 0 Å². The van der Waals surface area contributed by atoms with Gasteiger partial charge < -0.3 is 10.1 Å². The van der Waals surface area contributed by atoms with Crippen LogP contribution in [0.25, 0.3) is 0 Å². The Kier molecular flexibility index (Phi) is 7.75. The highest BCUT2D eigenvalue weighted by Crippen LogP contribution is 2.15. The topological polar surface area (TPSA) is 39.1 Å². The van der Waals surface area contributed by atoms with Crippen molar-refractivity contribution in [1.82, 2.24) is 15.1 Å². The lowest BCUT2D eigenvalue weighted by atomic mass is 10.1. The lowest BCUT2D eigenvalue weighted by Crippen LogP contribution is -2.29. The van der Waals surface area contributed by atoms with Crippen LogP contribution < -0.4 is 5.32 Å². The minimum absolute atomic E-state index is 0.441. The van der Waals surface area contributed by atoms with Crippen LogP contribution >= 0.6 is 0 Å². The maximum Gasteiger partial charge on any atom is 0.0640 e. The van der Waals surface area contributed by atoms with Gasteiger partial charge in [0, 0.05) is 31.9 Å². The van der Waals surface area contributed by atoms with Gasteiger partial charge in [0.2, 0.25) is 0 Å². The highest BCUT2D eigenvalue weighted by molar-refractivity contribution is 5.02. The molecule has 0 spiro atoms. The molecule has 1 unspecified atom stereocenters. The summed E-state index contributed by atoms with van der Waals surface area (Å²) in [5.41, 5.74) is 1.17. The molecule has 1 aromatic rings. The van der Waals surface area contributed by atoms with Crippen LogP contribution in [0.4, 0.5) is 0 Å². The van der Waals surface area contributed by atoms with Gasteiger partial charge in [0.15, 0.2) is 0 Å². The molecule has 0 bridgehead atoms. The molecule has 4 heteroatoms. The first-order valence-corrected chi connectivity index (χ1v) is 7.54. The molecule has 0 aromatic carbocycles. The van der Waals surface area contributed by atoms with Crippen LogP contribution in [0.5, 0.6) is 0 Å². The van der Waals surface area contributed by atoms with Crippen molar-refractivity contribution in [2.75, 3.05) is 20.3 Å². The number of hydrogen-bond donors (Lipinski definition) is 1. The van der Waals surface area contributed by atoms with E-state index in [9.17, 15) is 0 Å². The Morgan fingerprint density at radius 1 is 1.32 bits per heavy atom. The van der Waals surface area contributed by atoms with Crippen LogP contribution in [0.1, 0.15) is 51.8 Å². The third kappa shape index (κ3) is 5.33. The summed E-state index contributed by atoms with van der Waals surface area (Å²) in [6.07, 6.45) is 6.38. The van der Waals surface area contributed by atoms with Gasteiger partial charge in [-0.25, -0.2) is 0 Å². The van der Waals surface area contributed by atoms with E-state index in [1.165, 1.54) is 5.69 Å². The standard InChI is InChI=1S/C15H29N3O/c1-5-15(6-2)18-10-8-14(17-18)12-13(16-4)9-11-19-7-3/h8,10,13,15-16H,5-7,9,11-12H2,1-4H3. The molecule has 110 valence electrons. The maximum atomic E-state index is 5.42. The van der Waals surface area contributed by atoms with Crippen LogP contribution in [-0.4, -0.2) is 36.1 Å². The van der Waals surface area contributed by atoms with Crippen molar-refractivity contribution in [3.05, 3.63) is 18.0 Å². The summed E-state index contributed by atoms with van der Waals surface area (Å²) in [4.78, 5) is 0. The van der Waals surface area contributed by atoms with E-state index >= 15 is 0 Å². The third-order valence-electron chi connectivity index (χ3n) is 3.66. The molecule has 0 amide bonds. The van der Waals surface area contributed by atoms with Crippen LogP contribution in [0.3, 0.4) is 0 Å². The number of hydrogen-bond acceptors (Lipinski definition) is 3. The molecule has 1 rings (SSSR count). The fourth-order valence-electron chi connectivity index (χ4n) is 2.32. The molecule has 0 aliphatic carbocycles. The predicted molar refractivity (Wildman–Crippen MR) is 79.5 cm³/mol. The van der Waals surface area contributed by atoms with Gasteiger partial charge in [0.1, 0.15) is 0 Å². The zero-order chi connectivity index (χ0) is 14.1. The van der Waals surface area contributed by atoms with Crippen molar-refractivity contribution < 1.29 is 4.74 Å². The Balaban J connectivity index is 2.50. The number of likely N-dealkylation sites (N-methyl/N-ethyl adjacent to an activating group) is 1. The third-order valence-corrected chi connectivity index (χ3v) is 3.66. The van der Waals surface area contributed by atoms with E-state index < -0.39 is 0 Å². The summed E-state index contributed by atoms with van der Waals surface area (Å²) in [7, 11) is 2.01. The SMILES string of the molecule is CCOCCC(Cc1ccn(C(CC)CC)n1)NC. The second kappa shape index (κ2) is 9.10. The average Bonchev–Trinajstić information content (AvgIpc) is 2.88. The maximum absolute atomic E-state index is 5.42. The van der Waals surface area contributed by atoms with E-state index in [2.05, 4.69) is 36.1 Å². The largest absolute Gasteiger partial charge is 0.382 e. The van der Waals surface area contributed by atoms with Gasteiger partial charge in [0.25, 0.3) is 0 Å². The molecule has 19 heavy (non-hydrogen) atoms. The molecular formula is C15H29N3O. The van der Waals surface area contributed by atoms with Crippen molar-refractivity contribution in [3.63, 3.8) is 0 Å². The van der Waals surface area contributed by atoms with Crippen LogP contribution in [0, 0.1) is 0 Å². The molecule has 0 saturated heterocycles. The molecule has 0 fully saturated rings. The fraction of sp³-hybridized carbons (Fsp3) is 0.800. The Bertz CT molecular complexity index is 334. The van der Waals surface area contributed by atoms with Gasteiger partial charge in [-0.2, -0.15) is 5.10 Å². The molecule has 0 radical (unpaired) electrons. The fourth-order valence-corrected chi connectivity index (χ4v) is 2.32. The Morgan fingerprint density at radius 3 is 2.63 bits per heavy atom. The summed E-state index contributed by atoms with van der Waals surface area (Å²) < 4.78 is 7.53. The van der Waals surface area contributed by atoms with Crippen LogP contribution in [0.2, 0.25) is 0 Å². The number of nitrogens with one attached hydrogen (secondary N) is 1. The highest BCUT2D eigenvalue weighted by atomic mass is 16.5. The van der Waals surface area contributed by atoms with Crippen LogP contribution in [-0.2, 0) is 11.2 Å². The van der Waals surface area contributed by atoms with E-state index in [0.29, 0.717) is 12.1 Å². The number of aromatic nitrogens is 2. The van der Waals surface area contributed by atoms with Gasteiger partial charge in [-0.05, 0) is 39.3 Å². The molecular weight excluding hydrogens is 238 g/mol. The smallest absolute Gasteiger partial charge is 0.0640 e. The van der Waals surface area contributed by atoms with Gasteiger partial charge in [-0.1, -0.05) is 13.8 Å². The zero-order valence-electron chi connectivity index (χ0n) is 12.9.